The fourth-order valence-corrected chi connectivity index (χ4v) is 3.89. The van der Waals surface area contributed by atoms with Gasteiger partial charge in [0.15, 0.2) is 0 Å². The maximum atomic E-state index is 2.54. The Labute approximate surface area is 133 Å². The number of allylic oxidation sites excluding steroid dienone is 6. The number of fused-ring (bicyclic) bond motifs is 1. The van der Waals surface area contributed by atoms with Crippen LogP contribution in [0.25, 0.3) is 0 Å². The maximum absolute atomic E-state index is 2.54. The molecule has 1 aliphatic heterocycles. The van der Waals surface area contributed by atoms with Gasteiger partial charge in [0.05, 0.1) is 0 Å². The predicted molar refractivity (Wildman–Crippen MR) is 93.9 cm³/mol. The van der Waals surface area contributed by atoms with Crippen molar-refractivity contribution in [2.75, 3.05) is 11.4 Å². The van der Waals surface area contributed by atoms with E-state index in [1.54, 1.807) is 0 Å². The van der Waals surface area contributed by atoms with Gasteiger partial charge >= 0.3 is 0 Å². The molecule has 0 N–H and O–H groups in total. The highest BCUT2D eigenvalue weighted by Crippen LogP contribution is 2.41. The third kappa shape index (κ3) is 2.08. The highest BCUT2D eigenvalue weighted by atomic mass is 15.2. The Morgan fingerprint density at radius 3 is 2.95 bits per heavy atom. The lowest BCUT2D eigenvalue weighted by Crippen LogP contribution is -2.29. The minimum Gasteiger partial charge on any atom is -0.341 e. The Kier molecular flexibility index (Phi) is 3.29. The molecule has 0 bridgehead atoms. The summed E-state index contributed by atoms with van der Waals surface area (Å²) in [6.07, 6.45) is 12.9. The number of anilines is 1. The normalized spacial score (nSPS) is 23.7. The zero-order chi connectivity index (χ0) is 15.1. The van der Waals surface area contributed by atoms with Gasteiger partial charge in [0.25, 0.3) is 0 Å². The number of hydrogen-bond donors (Lipinski definition) is 0. The minimum absolute atomic E-state index is 0.549. The fraction of sp³-hybridized carbons (Fsp3) is 0.333. The van der Waals surface area contributed by atoms with E-state index in [1.165, 1.54) is 46.5 Å². The van der Waals surface area contributed by atoms with Crippen molar-refractivity contribution in [3.63, 3.8) is 0 Å². The Bertz CT molecular complexity index is 730. The largest absolute Gasteiger partial charge is 0.341 e. The standard InChI is InChI=1S/C21H23N/c1-15-14-19-18(16(15)2)10-4-6-12-21(19)22-13-7-9-17-8-3-5-11-20(17)22/h3-5,8,10-12,14,16H,6-7,9,13H2,1-2H3. The summed E-state index contributed by atoms with van der Waals surface area (Å²) in [5.74, 6) is 0.549. The van der Waals surface area contributed by atoms with E-state index in [0.29, 0.717) is 5.92 Å². The molecule has 0 fully saturated rings. The summed E-state index contributed by atoms with van der Waals surface area (Å²) in [6.45, 7) is 5.71. The van der Waals surface area contributed by atoms with Crippen LogP contribution in [0.3, 0.4) is 0 Å². The zero-order valence-electron chi connectivity index (χ0n) is 13.5. The van der Waals surface area contributed by atoms with Crippen molar-refractivity contribution < 1.29 is 0 Å². The Balaban J connectivity index is 1.82. The molecule has 0 aromatic heterocycles. The van der Waals surface area contributed by atoms with Crippen LogP contribution < -0.4 is 4.90 Å². The van der Waals surface area contributed by atoms with Gasteiger partial charge < -0.3 is 4.90 Å². The minimum atomic E-state index is 0.549. The molecule has 1 heterocycles. The number of hydrogen-bond acceptors (Lipinski definition) is 1. The molecule has 22 heavy (non-hydrogen) atoms. The van der Waals surface area contributed by atoms with Gasteiger partial charge in [-0.2, -0.15) is 0 Å². The summed E-state index contributed by atoms with van der Waals surface area (Å²) in [6, 6.07) is 8.89. The lowest BCUT2D eigenvalue weighted by molar-refractivity contribution is 0.746. The molecule has 1 nitrogen and oxygen atoms in total. The van der Waals surface area contributed by atoms with Crippen LogP contribution in [0.5, 0.6) is 0 Å². The third-order valence-electron chi connectivity index (χ3n) is 5.25. The number of benzene rings is 1. The van der Waals surface area contributed by atoms with Gasteiger partial charge in [0.1, 0.15) is 0 Å². The predicted octanol–water partition coefficient (Wildman–Crippen LogP) is 5.18. The van der Waals surface area contributed by atoms with Gasteiger partial charge in [-0.15, -0.1) is 0 Å². The van der Waals surface area contributed by atoms with Crippen molar-refractivity contribution in [1.29, 1.82) is 0 Å². The van der Waals surface area contributed by atoms with Gasteiger partial charge in [-0.3, -0.25) is 0 Å². The van der Waals surface area contributed by atoms with Crippen LogP contribution >= 0.6 is 0 Å². The topological polar surface area (TPSA) is 3.24 Å². The van der Waals surface area contributed by atoms with Crippen LogP contribution in [0.2, 0.25) is 0 Å². The average Bonchev–Trinajstić information content (AvgIpc) is 2.73. The van der Waals surface area contributed by atoms with Crippen LogP contribution in [0, 0.1) is 5.92 Å². The lowest BCUT2D eigenvalue weighted by atomic mass is 9.96. The van der Waals surface area contributed by atoms with Crippen molar-refractivity contribution in [3.8, 4) is 0 Å². The monoisotopic (exact) mass is 289 g/mol. The van der Waals surface area contributed by atoms with Crippen molar-refractivity contribution in [2.45, 2.75) is 33.1 Å². The average molecular weight is 289 g/mol. The molecular formula is C21H23N. The molecule has 1 aromatic rings. The molecule has 2 aliphatic carbocycles. The highest BCUT2D eigenvalue weighted by molar-refractivity contribution is 5.68. The fourth-order valence-electron chi connectivity index (χ4n) is 3.89. The van der Waals surface area contributed by atoms with E-state index in [9.17, 15) is 0 Å². The van der Waals surface area contributed by atoms with E-state index >= 15 is 0 Å². The van der Waals surface area contributed by atoms with Crippen molar-refractivity contribution >= 4 is 5.69 Å². The second kappa shape index (κ2) is 5.31. The molecule has 0 spiro atoms. The number of para-hydroxylation sites is 1. The summed E-state index contributed by atoms with van der Waals surface area (Å²) >= 11 is 0. The second-order valence-electron chi connectivity index (χ2n) is 6.59. The van der Waals surface area contributed by atoms with Crippen molar-refractivity contribution in [1.82, 2.24) is 0 Å². The second-order valence-corrected chi connectivity index (χ2v) is 6.59. The molecule has 1 atom stereocenters. The summed E-state index contributed by atoms with van der Waals surface area (Å²) in [4.78, 5) is 2.54. The molecule has 0 amide bonds. The van der Waals surface area contributed by atoms with E-state index in [0.717, 1.165) is 13.0 Å². The van der Waals surface area contributed by atoms with Crippen LogP contribution in [0.1, 0.15) is 32.3 Å². The first kappa shape index (κ1) is 13.6. The molecule has 112 valence electrons. The molecule has 0 saturated carbocycles. The Morgan fingerprint density at radius 1 is 1.18 bits per heavy atom. The molecular weight excluding hydrogens is 266 g/mol. The quantitative estimate of drug-likeness (QED) is 0.689. The summed E-state index contributed by atoms with van der Waals surface area (Å²) in [5, 5.41) is 0. The smallest absolute Gasteiger partial charge is 0.0450 e. The van der Waals surface area contributed by atoms with E-state index in [-0.39, 0.29) is 0 Å². The van der Waals surface area contributed by atoms with Crippen LogP contribution in [0.15, 0.2) is 71.0 Å². The Hall–Kier alpha value is -2.02. The Morgan fingerprint density at radius 2 is 2.05 bits per heavy atom. The SMILES string of the molecule is CC1=CC2=C(C=CCC=C2N2CCCc3ccccc32)C1C. The van der Waals surface area contributed by atoms with Crippen molar-refractivity contribution in [2.24, 2.45) is 5.92 Å². The van der Waals surface area contributed by atoms with Crippen LogP contribution in [-0.2, 0) is 6.42 Å². The van der Waals surface area contributed by atoms with Gasteiger partial charge in [-0.05, 0) is 43.4 Å². The maximum Gasteiger partial charge on any atom is 0.0450 e. The van der Waals surface area contributed by atoms with Crippen molar-refractivity contribution in [3.05, 3.63) is 76.5 Å². The summed E-state index contributed by atoms with van der Waals surface area (Å²) in [5.41, 5.74) is 8.71. The summed E-state index contributed by atoms with van der Waals surface area (Å²) in [7, 11) is 0. The first-order valence-corrected chi connectivity index (χ1v) is 8.40. The molecule has 4 rings (SSSR count). The molecule has 1 unspecified atom stereocenters. The highest BCUT2D eigenvalue weighted by Gasteiger charge is 2.27. The van der Waals surface area contributed by atoms with E-state index in [4.69, 9.17) is 0 Å². The molecule has 0 radical (unpaired) electrons. The lowest BCUT2D eigenvalue weighted by Gasteiger charge is -2.34. The van der Waals surface area contributed by atoms with Gasteiger partial charge in [-0.1, -0.05) is 55.0 Å². The van der Waals surface area contributed by atoms with E-state index in [2.05, 4.69) is 67.3 Å². The van der Waals surface area contributed by atoms with E-state index < -0.39 is 0 Å². The van der Waals surface area contributed by atoms with Crippen LogP contribution in [0.4, 0.5) is 5.69 Å². The van der Waals surface area contributed by atoms with Gasteiger partial charge in [0, 0.05) is 29.4 Å². The number of rotatable bonds is 1. The molecule has 1 heteroatoms. The molecule has 3 aliphatic rings. The zero-order valence-corrected chi connectivity index (χ0v) is 13.5. The summed E-state index contributed by atoms with van der Waals surface area (Å²) < 4.78 is 0. The van der Waals surface area contributed by atoms with E-state index in [1.807, 2.05) is 0 Å². The molecule has 0 saturated heterocycles. The number of aryl methyl sites for hydroxylation is 1. The van der Waals surface area contributed by atoms with Gasteiger partial charge in [-0.25, -0.2) is 0 Å². The first-order chi connectivity index (χ1) is 10.8. The molecule has 1 aromatic carbocycles. The first-order valence-electron chi connectivity index (χ1n) is 8.40. The van der Waals surface area contributed by atoms with Crippen LogP contribution in [-0.4, -0.2) is 6.54 Å². The van der Waals surface area contributed by atoms with Gasteiger partial charge in [0.2, 0.25) is 0 Å². The third-order valence-corrected chi connectivity index (χ3v) is 5.25. The number of nitrogens with zero attached hydrogens (tertiary/aromatic N) is 1.